The van der Waals surface area contributed by atoms with Crippen molar-refractivity contribution in [1.82, 2.24) is 10.3 Å². The van der Waals surface area contributed by atoms with E-state index in [1.165, 1.54) is 0 Å². The highest BCUT2D eigenvalue weighted by atomic mass is 16.2. The molecule has 2 N–H and O–H groups in total. The van der Waals surface area contributed by atoms with Gasteiger partial charge in [0.25, 0.3) is 5.91 Å². The Morgan fingerprint density at radius 2 is 1.85 bits per heavy atom. The monoisotopic (exact) mass is 266 g/mol. The van der Waals surface area contributed by atoms with E-state index in [-0.39, 0.29) is 12.5 Å². The van der Waals surface area contributed by atoms with Gasteiger partial charge in [-0.2, -0.15) is 0 Å². The molecular formula is C16H14N2O2. The molecule has 0 spiro atoms. The molecule has 0 saturated heterocycles. The maximum Gasteiger partial charge on any atom is 0.251 e. The lowest BCUT2D eigenvalue weighted by Gasteiger charge is -2.05. The van der Waals surface area contributed by atoms with Crippen molar-refractivity contribution >= 4 is 5.91 Å². The van der Waals surface area contributed by atoms with E-state index in [2.05, 4.69) is 22.1 Å². The van der Waals surface area contributed by atoms with Gasteiger partial charge in [-0.1, -0.05) is 11.8 Å². The Kier molecular flexibility index (Phi) is 4.87. The molecule has 2 aromatic rings. The first-order valence-electron chi connectivity index (χ1n) is 6.16. The van der Waals surface area contributed by atoms with Crippen molar-refractivity contribution < 1.29 is 9.90 Å². The molecule has 1 heterocycles. The molecule has 20 heavy (non-hydrogen) atoms. The van der Waals surface area contributed by atoms with E-state index < -0.39 is 0 Å². The van der Waals surface area contributed by atoms with Crippen LogP contribution in [0, 0.1) is 11.8 Å². The largest absolute Gasteiger partial charge is 0.384 e. The van der Waals surface area contributed by atoms with E-state index in [4.69, 9.17) is 5.11 Å². The van der Waals surface area contributed by atoms with Crippen LogP contribution in [0.5, 0.6) is 0 Å². The summed E-state index contributed by atoms with van der Waals surface area (Å²) < 4.78 is 0. The Hall–Kier alpha value is -2.64. The number of benzene rings is 1. The molecule has 4 nitrogen and oxygen atoms in total. The zero-order chi connectivity index (χ0) is 14.2. The first kappa shape index (κ1) is 13.8. The van der Waals surface area contributed by atoms with Crippen LogP contribution in [0.1, 0.15) is 21.5 Å². The lowest BCUT2D eigenvalue weighted by Crippen LogP contribution is -2.22. The number of carbonyl (C=O) groups is 1. The second-order valence-corrected chi connectivity index (χ2v) is 4.08. The van der Waals surface area contributed by atoms with Gasteiger partial charge in [-0.15, -0.1) is 0 Å². The third-order valence-corrected chi connectivity index (χ3v) is 2.66. The van der Waals surface area contributed by atoms with Crippen LogP contribution in [-0.2, 0) is 6.54 Å². The molecule has 2 rings (SSSR count). The summed E-state index contributed by atoms with van der Waals surface area (Å²) in [5.41, 5.74) is 2.34. The van der Waals surface area contributed by atoms with Gasteiger partial charge < -0.3 is 10.4 Å². The zero-order valence-corrected chi connectivity index (χ0v) is 10.8. The fraction of sp³-hybridized carbons (Fsp3) is 0.125. The van der Waals surface area contributed by atoms with Gasteiger partial charge in [0.2, 0.25) is 0 Å². The molecule has 0 aliphatic carbocycles. The topological polar surface area (TPSA) is 62.2 Å². The van der Waals surface area contributed by atoms with Crippen molar-refractivity contribution in [3.05, 3.63) is 65.5 Å². The number of aliphatic hydroxyl groups is 1. The van der Waals surface area contributed by atoms with Crippen LogP contribution in [-0.4, -0.2) is 22.6 Å². The average molecular weight is 266 g/mol. The number of amides is 1. The number of aliphatic hydroxyl groups excluding tert-OH is 1. The molecular weight excluding hydrogens is 252 g/mol. The first-order valence-corrected chi connectivity index (χ1v) is 6.16. The minimum atomic E-state index is -0.172. The molecule has 100 valence electrons. The van der Waals surface area contributed by atoms with Gasteiger partial charge in [0.15, 0.2) is 0 Å². The fourth-order valence-corrected chi connectivity index (χ4v) is 1.63. The summed E-state index contributed by atoms with van der Waals surface area (Å²) in [5.74, 6) is 5.20. The predicted octanol–water partition coefficient (Wildman–Crippen LogP) is 1.36. The molecule has 0 atom stereocenters. The summed E-state index contributed by atoms with van der Waals surface area (Å²) in [4.78, 5) is 15.9. The highest BCUT2D eigenvalue weighted by molar-refractivity contribution is 5.94. The van der Waals surface area contributed by atoms with Crippen LogP contribution in [0.15, 0.2) is 48.8 Å². The second-order valence-electron chi connectivity index (χ2n) is 4.08. The predicted molar refractivity (Wildman–Crippen MR) is 75.8 cm³/mol. The SMILES string of the molecule is O=C(NCc1ccncc1)c1ccc(C#CCO)cc1. The fourth-order valence-electron chi connectivity index (χ4n) is 1.63. The van der Waals surface area contributed by atoms with Gasteiger partial charge in [0.05, 0.1) is 0 Å². The number of hydrogen-bond donors (Lipinski definition) is 2. The summed E-state index contributed by atoms with van der Waals surface area (Å²) in [7, 11) is 0. The number of rotatable bonds is 3. The minimum absolute atomic E-state index is 0.136. The molecule has 0 aliphatic heterocycles. The third kappa shape index (κ3) is 3.94. The Morgan fingerprint density at radius 3 is 2.50 bits per heavy atom. The molecule has 0 unspecified atom stereocenters. The summed E-state index contributed by atoms with van der Waals surface area (Å²) in [6, 6.07) is 10.6. The Labute approximate surface area is 117 Å². The van der Waals surface area contributed by atoms with E-state index in [0.29, 0.717) is 12.1 Å². The number of aromatic nitrogens is 1. The Bertz CT molecular complexity index is 625. The molecule has 0 bridgehead atoms. The van der Waals surface area contributed by atoms with Gasteiger partial charge in [-0.05, 0) is 42.0 Å². The van der Waals surface area contributed by atoms with Crippen molar-refractivity contribution in [3.63, 3.8) is 0 Å². The summed E-state index contributed by atoms with van der Waals surface area (Å²) in [6.45, 7) is 0.293. The molecule has 4 heteroatoms. The normalized spacial score (nSPS) is 9.45. The number of pyridine rings is 1. The molecule has 1 aromatic carbocycles. The van der Waals surface area contributed by atoms with Crippen molar-refractivity contribution in [1.29, 1.82) is 0 Å². The summed E-state index contributed by atoms with van der Waals surface area (Å²) in [6.07, 6.45) is 3.38. The second kappa shape index (κ2) is 7.07. The van der Waals surface area contributed by atoms with Crippen molar-refractivity contribution in [3.8, 4) is 11.8 Å². The van der Waals surface area contributed by atoms with Crippen LogP contribution in [0.4, 0.5) is 0 Å². The molecule has 0 radical (unpaired) electrons. The summed E-state index contributed by atoms with van der Waals surface area (Å²) in [5, 5.41) is 11.4. The van der Waals surface area contributed by atoms with Crippen molar-refractivity contribution in [2.24, 2.45) is 0 Å². The van der Waals surface area contributed by atoms with E-state index in [0.717, 1.165) is 11.1 Å². The summed E-state index contributed by atoms with van der Waals surface area (Å²) >= 11 is 0. The molecule has 0 fully saturated rings. The first-order chi connectivity index (χ1) is 9.79. The third-order valence-electron chi connectivity index (χ3n) is 2.66. The van der Waals surface area contributed by atoms with Crippen LogP contribution >= 0.6 is 0 Å². The quantitative estimate of drug-likeness (QED) is 0.824. The Balaban J connectivity index is 1.96. The lowest BCUT2D eigenvalue weighted by atomic mass is 10.1. The Morgan fingerprint density at radius 1 is 1.15 bits per heavy atom. The maximum atomic E-state index is 11.9. The van der Waals surface area contributed by atoms with Crippen LogP contribution in [0.2, 0.25) is 0 Å². The van der Waals surface area contributed by atoms with Gasteiger partial charge in [-0.25, -0.2) is 0 Å². The van der Waals surface area contributed by atoms with E-state index >= 15 is 0 Å². The van der Waals surface area contributed by atoms with Crippen LogP contribution in [0.3, 0.4) is 0 Å². The van der Waals surface area contributed by atoms with Crippen molar-refractivity contribution in [2.45, 2.75) is 6.54 Å². The zero-order valence-electron chi connectivity index (χ0n) is 10.8. The highest BCUT2D eigenvalue weighted by Gasteiger charge is 2.04. The molecule has 1 amide bonds. The molecule has 0 aliphatic rings. The molecule has 1 aromatic heterocycles. The smallest absolute Gasteiger partial charge is 0.251 e. The highest BCUT2D eigenvalue weighted by Crippen LogP contribution is 2.04. The van der Waals surface area contributed by atoms with Gasteiger partial charge in [0.1, 0.15) is 6.61 Å². The minimum Gasteiger partial charge on any atom is -0.384 e. The standard InChI is InChI=1S/C16H14N2O2/c19-11-1-2-13-3-5-15(6-4-13)16(20)18-12-14-7-9-17-10-8-14/h3-10,19H,11-12H2,(H,18,20). The van der Waals surface area contributed by atoms with Crippen molar-refractivity contribution in [2.75, 3.05) is 6.61 Å². The average Bonchev–Trinajstić information content (AvgIpc) is 2.52. The maximum absolute atomic E-state index is 11.9. The number of carbonyl (C=O) groups excluding carboxylic acids is 1. The number of nitrogens with zero attached hydrogens (tertiary/aromatic N) is 1. The number of nitrogens with one attached hydrogen (secondary N) is 1. The van der Waals surface area contributed by atoms with Crippen LogP contribution in [0.25, 0.3) is 0 Å². The van der Waals surface area contributed by atoms with E-state index in [1.54, 1.807) is 36.7 Å². The molecule has 0 saturated carbocycles. The van der Waals surface area contributed by atoms with Gasteiger partial charge in [-0.3, -0.25) is 9.78 Å². The van der Waals surface area contributed by atoms with Gasteiger partial charge >= 0.3 is 0 Å². The van der Waals surface area contributed by atoms with E-state index in [1.807, 2.05) is 12.1 Å². The van der Waals surface area contributed by atoms with Crippen LogP contribution < -0.4 is 5.32 Å². The van der Waals surface area contributed by atoms with Gasteiger partial charge in [0, 0.05) is 30.1 Å². The van der Waals surface area contributed by atoms with E-state index in [9.17, 15) is 4.79 Å². The number of hydrogen-bond acceptors (Lipinski definition) is 3. The lowest BCUT2D eigenvalue weighted by molar-refractivity contribution is 0.0951.